The van der Waals surface area contributed by atoms with Crippen LogP contribution in [0.15, 0.2) is 52.9 Å². The van der Waals surface area contributed by atoms with E-state index in [1.54, 1.807) is 38.3 Å². The van der Waals surface area contributed by atoms with Gasteiger partial charge in [0.25, 0.3) is 5.89 Å². The fourth-order valence-corrected chi connectivity index (χ4v) is 2.37. The third kappa shape index (κ3) is 4.00. The molecule has 0 fully saturated rings. The highest BCUT2D eigenvalue weighted by Crippen LogP contribution is 2.28. The van der Waals surface area contributed by atoms with Gasteiger partial charge in [-0.15, -0.1) is 10.2 Å². The van der Waals surface area contributed by atoms with E-state index in [0.717, 1.165) is 11.3 Å². The minimum atomic E-state index is -0.336. The summed E-state index contributed by atoms with van der Waals surface area (Å²) < 4.78 is 16.0. The first-order chi connectivity index (χ1) is 12.7. The summed E-state index contributed by atoms with van der Waals surface area (Å²) in [6, 6.07) is 14.4. The lowest BCUT2D eigenvalue weighted by Gasteiger charge is -2.05. The molecule has 7 nitrogen and oxygen atoms in total. The van der Waals surface area contributed by atoms with E-state index in [0.29, 0.717) is 36.2 Å². The molecule has 0 saturated heterocycles. The molecule has 1 N–H and O–H groups in total. The molecule has 2 aromatic carbocycles. The van der Waals surface area contributed by atoms with Gasteiger partial charge in [0.05, 0.1) is 31.4 Å². The van der Waals surface area contributed by atoms with Gasteiger partial charge in [0, 0.05) is 5.69 Å². The number of para-hydroxylation sites is 1. The lowest BCUT2D eigenvalue weighted by atomic mass is 10.2. The molecule has 26 heavy (non-hydrogen) atoms. The van der Waals surface area contributed by atoms with E-state index >= 15 is 0 Å². The summed E-state index contributed by atoms with van der Waals surface area (Å²) in [5.41, 5.74) is 2.08. The number of benzene rings is 2. The molecule has 0 bridgehead atoms. The van der Waals surface area contributed by atoms with Crippen molar-refractivity contribution >= 4 is 11.7 Å². The molecule has 0 aliphatic carbocycles. The molecular formula is C19H19N3O4. The van der Waals surface area contributed by atoms with E-state index in [9.17, 15) is 4.79 Å². The molecule has 3 rings (SSSR count). The van der Waals surface area contributed by atoms with Crippen LogP contribution in [0.5, 0.6) is 5.75 Å². The van der Waals surface area contributed by atoms with Gasteiger partial charge in [-0.25, -0.2) is 4.79 Å². The van der Waals surface area contributed by atoms with Gasteiger partial charge in [0.1, 0.15) is 5.75 Å². The largest absolute Gasteiger partial charge is 0.496 e. The van der Waals surface area contributed by atoms with Crippen LogP contribution >= 0.6 is 0 Å². The van der Waals surface area contributed by atoms with Crippen molar-refractivity contribution in [2.75, 3.05) is 19.0 Å². The Hall–Kier alpha value is -3.35. The van der Waals surface area contributed by atoms with Crippen LogP contribution in [-0.4, -0.2) is 29.9 Å². The Bertz CT molecular complexity index is 875. The predicted molar refractivity (Wildman–Crippen MR) is 96.0 cm³/mol. The summed E-state index contributed by atoms with van der Waals surface area (Å²) in [6.45, 7) is 2.49. The highest BCUT2D eigenvalue weighted by Gasteiger charge is 2.13. The number of hydrogen-bond donors (Lipinski definition) is 1. The summed E-state index contributed by atoms with van der Waals surface area (Å²) in [5, 5.41) is 11.3. The number of aromatic nitrogens is 2. The normalized spacial score (nSPS) is 10.4. The second-order valence-electron chi connectivity index (χ2n) is 5.35. The number of carbonyl (C=O) groups is 1. The molecule has 1 aromatic heterocycles. The second kappa shape index (κ2) is 8.15. The number of methoxy groups -OCH3 is 1. The van der Waals surface area contributed by atoms with Crippen molar-refractivity contribution < 1.29 is 18.7 Å². The fourth-order valence-electron chi connectivity index (χ4n) is 2.37. The average Bonchev–Trinajstić information content (AvgIpc) is 3.16. The number of nitrogens with one attached hydrogen (secondary N) is 1. The van der Waals surface area contributed by atoms with Crippen molar-refractivity contribution in [3.63, 3.8) is 0 Å². The lowest BCUT2D eigenvalue weighted by molar-refractivity contribution is 0.0526. The standard InChI is InChI=1S/C19H19N3O4/c1-3-25-19(23)13-8-10-14(11-9-13)20-12-17-21-22-18(26-17)15-6-4-5-7-16(15)24-2/h4-11,20H,3,12H2,1-2H3. The lowest BCUT2D eigenvalue weighted by Crippen LogP contribution is -2.05. The summed E-state index contributed by atoms with van der Waals surface area (Å²) in [4.78, 5) is 11.6. The maximum absolute atomic E-state index is 11.6. The number of hydrogen-bond acceptors (Lipinski definition) is 7. The van der Waals surface area contributed by atoms with Gasteiger partial charge in [-0.3, -0.25) is 0 Å². The molecule has 0 aliphatic rings. The van der Waals surface area contributed by atoms with Gasteiger partial charge in [-0.05, 0) is 43.3 Å². The van der Waals surface area contributed by atoms with E-state index in [1.165, 1.54) is 0 Å². The average molecular weight is 353 g/mol. The van der Waals surface area contributed by atoms with Crippen molar-refractivity contribution in [3.05, 3.63) is 60.0 Å². The van der Waals surface area contributed by atoms with Gasteiger partial charge < -0.3 is 19.2 Å². The topological polar surface area (TPSA) is 86.5 Å². The number of anilines is 1. The summed E-state index contributed by atoms with van der Waals surface area (Å²) in [7, 11) is 1.59. The van der Waals surface area contributed by atoms with Gasteiger partial charge in [0.2, 0.25) is 5.89 Å². The van der Waals surface area contributed by atoms with Gasteiger partial charge in [-0.1, -0.05) is 12.1 Å². The number of nitrogens with zero attached hydrogens (tertiary/aromatic N) is 2. The zero-order valence-electron chi connectivity index (χ0n) is 14.6. The van der Waals surface area contributed by atoms with Crippen LogP contribution in [0, 0.1) is 0 Å². The Kier molecular flexibility index (Phi) is 5.48. The number of rotatable bonds is 7. The van der Waals surface area contributed by atoms with Crippen molar-refractivity contribution in [2.45, 2.75) is 13.5 Å². The number of ether oxygens (including phenoxy) is 2. The number of carbonyl (C=O) groups excluding carboxylic acids is 1. The predicted octanol–water partition coefficient (Wildman–Crippen LogP) is 3.53. The zero-order chi connectivity index (χ0) is 18.4. The van der Waals surface area contributed by atoms with Gasteiger partial charge in [-0.2, -0.15) is 0 Å². The molecule has 134 valence electrons. The van der Waals surface area contributed by atoms with Crippen LogP contribution in [0.3, 0.4) is 0 Å². The van der Waals surface area contributed by atoms with Crippen molar-refractivity contribution in [1.82, 2.24) is 10.2 Å². The highest BCUT2D eigenvalue weighted by molar-refractivity contribution is 5.89. The molecule has 0 amide bonds. The quantitative estimate of drug-likeness (QED) is 0.650. The molecule has 0 unspecified atom stereocenters. The Morgan fingerprint density at radius 1 is 1.12 bits per heavy atom. The maximum atomic E-state index is 11.6. The van der Waals surface area contributed by atoms with E-state index in [-0.39, 0.29) is 5.97 Å². The van der Waals surface area contributed by atoms with Crippen molar-refractivity contribution in [1.29, 1.82) is 0 Å². The summed E-state index contributed by atoms with van der Waals surface area (Å²) in [5.74, 6) is 1.18. The van der Waals surface area contributed by atoms with Crippen LogP contribution in [0.4, 0.5) is 5.69 Å². The van der Waals surface area contributed by atoms with E-state index < -0.39 is 0 Å². The van der Waals surface area contributed by atoms with E-state index in [2.05, 4.69) is 15.5 Å². The summed E-state index contributed by atoms with van der Waals surface area (Å²) >= 11 is 0. The molecule has 1 heterocycles. The molecule has 0 aliphatic heterocycles. The van der Waals surface area contributed by atoms with Crippen molar-refractivity contribution in [3.8, 4) is 17.2 Å². The first-order valence-electron chi connectivity index (χ1n) is 8.18. The smallest absolute Gasteiger partial charge is 0.338 e. The minimum absolute atomic E-state index is 0.336. The second-order valence-corrected chi connectivity index (χ2v) is 5.35. The molecule has 0 atom stereocenters. The van der Waals surface area contributed by atoms with E-state index in [1.807, 2.05) is 24.3 Å². The molecule has 0 radical (unpaired) electrons. The number of esters is 1. The Balaban J connectivity index is 1.64. The van der Waals surface area contributed by atoms with Crippen LogP contribution < -0.4 is 10.1 Å². The Morgan fingerprint density at radius 2 is 1.88 bits per heavy atom. The van der Waals surface area contributed by atoms with Gasteiger partial charge in [0.15, 0.2) is 0 Å². The molecule has 0 spiro atoms. The maximum Gasteiger partial charge on any atom is 0.338 e. The van der Waals surface area contributed by atoms with Crippen molar-refractivity contribution in [2.24, 2.45) is 0 Å². The molecule has 0 saturated carbocycles. The van der Waals surface area contributed by atoms with Crippen LogP contribution in [0.25, 0.3) is 11.5 Å². The van der Waals surface area contributed by atoms with Crippen LogP contribution in [-0.2, 0) is 11.3 Å². The third-order valence-electron chi connectivity index (χ3n) is 3.64. The van der Waals surface area contributed by atoms with E-state index in [4.69, 9.17) is 13.9 Å². The molecule has 7 heteroatoms. The summed E-state index contributed by atoms with van der Waals surface area (Å²) in [6.07, 6.45) is 0. The zero-order valence-corrected chi connectivity index (χ0v) is 14.6. The van der Waals surface area contributed by atoms with Gasteiger partial charge >= 0.3 is 5.97 Å². The SMILES string of the molecule is CCOC(=O)c1ccc(NCc2nnc(-c3ccccc3OC)o2)cc1. The third-order valence-corrected chi connectivity index (χ3v) is 3.64. The molecular weight excluding hydrogens is 334 g/mol. The molecule has 3 aromatic rings. The first-order valence-corrected chi connectivity index (χ1v) is 8.18. The van der Waals surface area contributed by atoms with Crippen LogP contribution in [0.2, 0.25) is 0 Å². The monoisotopic (exact) mass is 353 g/mol. The Morgan fingerprint density at radius 3 is 2.62 bits per heavy atom. The first kappa shape index (κ1) is 17.5. The minimum Gasteiger partial charge on any atom is -0.496 e. The highest BCUT2D eigenvalue weighted by atomic mass is 16.5. The Labute approximate surface area is 151 Å². The van der Waals surface area contributed by atoms with Crippen LogP contribution in [0.1, 0.15) is 23.2 Å². The fraction of sp³-hybridized carbons (Fsp3) is 0.211.